The van der Waals surface area contributed by atoms with E-state index >= 15 is 0 Å². The molecule has 0 fully saturated rings. The van der Waals surface area contributed by atoms with Gasteiger partial charge < -0.3 is 0 Å². The van der Waals surface area contributed by atoms with Gasteiger partial charge in [-0.3, -0.25) is 4.72 Å². The minimum atomic E-state index is -2.66. The number of nitrogens with zero attached hydrogens (tertiary/aromatic N) is 3. The van der Waals surface area contributed by atoms with E-state index in [1.165, 1.54) is 0 Å². The summed E-state index contributed by atoms with van der Waals surface area (Å²) >= 11 is 0. The lowest BCUT2D eigenvalue weighted by Gasteiger charge is -2.00. The van der Waals surface area contributed by atoms with Crippen LogP contribution >= 0.6 is 0 Å². The lowest BCUT2D eigenvalue weighted by molar-refractivity contribution is 0.619. The number of hydrogen-bond acceptors (Lipinski definition) is 3. The Bertz CT molecular complexity index is 429. The fraction of sp³-hybridized carbons (Fsp3) is 0.143. The van der Waals surface area contributed by atoms with E-state index < -0.39 is 10.9 Å². The molecule has 0 spiro atoms. The highest BCUT2D eigenvalue weighted by molar-refractivity contribution is 7.73. The van der Waals surface area contributed by atoms with E-state index in [4.69, 9.17) is 5.53 Å². The summed E-state index contributed by atoms with van der Waals surface area (Å²) in [5.74, 6) is 0. The van der Waals surface area contributed by atoms with Crippen molar-refractivity contribution < 1.29 is 8.42 Å². The van der Waals surface area contributed by atoms with Gasteiger partial charge in [-0.25, -0.2) is 8.42 Å². The smallest absolute Gasteiger partial charge is 0.222 e. The zero-order valence-corrected chi connectivity index (χ0v) is 8.02. The summed E-state index contributed by atoms with van der Waals surface area (Å²) in [6.07, 6.45) is 0. The van der Waals surface area contributed by atoms with Crippen LogP contribution in [-0.2, 0) is 17.4 Å². The normalized spacial score (nSPS) is 9.50. The monoisotopic (exact) mass is 212 g/mol. The van der Waals surface area contributed by atoms with E-state index in [1.54, 1.807) is 24.3 Å². The van der Waals surface area contributed by atoms with Crippen LogP contribution < -0.4 is 4.72 Å². The lowest BCUT2D eigenvalue weighted by atomic mass is 10.2. The van der Waals surface area contributed by atoms with Crippen molar-refractivity contribution in [3.8, 4) is 0 Å². The summed E-state index contributed by atoms with van der Waals surface area (Å²) < 4.78 is 22.9. The SMILES string of the molecule is [N-]=[N+]=NCc1cccc(N[SH](=O)=O)c1. The molecule has 0 atom stereocenters. The summed E-state index contributed by atoms with van der Waals surface area (Å²) in [5, 5.41) is 3.36. The fourth-order valence-corrected chi connectivity index (χ4v) is 1.31. The number of benzene rings is 1. The Morgan fingerprint density at radius 3 is 2.93 bits per heavy atom. The van der Waals surface area contributed by atoms with Gasteiger partial charge in [-0.1, -0.05) is 17.2 Å². The first-order valence-corrected chi connectivity index (χ1v) is 4.91. The van der Waals surface area contributed by atoms with Crippen molar-refractivity contribution in [1.82, 2.24) is 0 Å². The molecular weight excluding hydrogens is 204 g/mol. The quantitative estimate of drug-likeness (QED) is 0.342. The number of thiol groups is 1. The average molecular weight is 212 g/mol. The van der Waals surface area contributed by atoms with Crippen LogP contribution in [0.2, 0.25) is 0 Å². The van der Waals surface area contributed by atoms with Crippen LogP contribution in [-0.4, -0.2) is 8.42 Å². The van der Waals surface area contributed by atoms with E-state index in [-0.39, 0.29) is 6.54 Å². The van der Waals surface area contributed by atoms with Gasteiger partial charge in [-0.15, -0.1) is 0 Å². The van der Waals surface area contributed by atoms with Gasteiger partial charge in [0.15, 0.2) is 0 Å². The summed E-state index contributed by atoms with van der Waals surface area (Å²) in [5.41, 5.74) is 9.31. The van der Waals surface area contributed by atoms with Gasteiger partial charge in [-0.2, -0.15) is 0 Å². The van der Waals surface area contributed by atoms with Crippen LogP contribution in [0.15, 0.2) is 29.4 Å². The molecule has 0 unspecified atom stereocenters. The Hall–Kier alpha value is -1.72. The predicted octanol–water partition coefficient (Wildman–Crippen LogP) is 1.44. The van der Waals surface area contributed by atoms with Crippen molar-refractivity contribution in [1.29, 1.82) is 0 Å². The van der Waals surface area contributed by atoms with Crippen LogP contribution in [0, 0.1) is 0 Å². The predicted molar refractivity (Wildman–Crippen MR) is 53.2 cm³/mol. The van der Waals surface area contributed by atoms with Crippen molar-refractivity contribution in [2.75, 3.05) is 4.72 Å². The Kier molecular flexibility index (Phi) is 3.78. The molecule has 0 aliphatic rings. The van der Waals surface area contributed by atoms with Gasteiger partial charge in [0.05, 0.1) is 6.54 Å². The molecule has 14 heavy (non-hydrogen) atoms. The lowest BCUT2D eigenvalue weighted by Crippen LogP contribution is -1.95. The van der Waals surface area contributed by atoms with E-state index in [1.807, 2.05) is 0 Å². The molecule has 0 saturated carbocycles. The third-order valence-electron chi connectivity index (χ3n) is 1.46. The highest BCUT2D eigenvalue weighted by atomic mass is 32.2. The summed E-state index contributed by atoms with van der Waals surface area (Å²) in [4.78, 5) is 2.61. The molecule has 0 saturated heterocycles. The number of nitrogens with one attached hydrogen (secondary N) is 1. The van der Waals surface area contributed by atoms with Crippen LogP contribution in [0.25, 0.3) is 10.4 Å². The number of azide groups is 1. The van der Waals surface area contributed by atoms with Crippen molar-refractivity contribution in [3.05, 3.63) is 40.3 Å². The standard InChI is InChI=1S/C7H8N4O2S/c8-11-9-5-6-2-1-3-7(4-6)10-14(12)13/h1-4,14H,5H2,(H,10,12,13). The largest absolute Gasteiger partial charge is 0.286 e. The Morgan fingerprint density at radius 1 is 1.50 bits per heavy atom. The van der Waals surface area contributed by atoms with Crippen molar-refractivity contribution in [2.24, 2.45) is 5.11 Å². The van der Waals surface area contributed by atoms with Gasteiger partial charge in [0.25, 0.3) is 0 Å². The second-order valence-corrected chi connectivity index (χ2v) is 3.20. The van der Waals surface area contributed by atoms with Crippen LogP contribution in [0.1, 0.15) is 5.56 Å². The van der Waals surface area contributed by atoms with E-state index in [0.29, 0.717) is 5.69 Å². The molecule has 0 aliphatic carbocycles. The highest BCUT2D eigenvalue weighted by Crippen LogP contribution is 2.11. The second kappa shape index (κ2) is 5.11. The van der Waals surface area contributed by atoms with Crippen molar-refractivity contribution in [2.45, 2.75) is 6.54 Å². The molecule has 0 amide bonds. The molecule has 0 bridgehead atoms. The molecule has 1 aromatic carbocycles. The summed E-state index contributed by atoms with van der Waals surface area (Å²) in [6.45, 7) is 0.210. The molecule has 0 aliphatic heterocycles. The third kappa shape index (κ3) is 3.34. The molecule has 74 valence electrons. The maximum atomic E-state index is 10.3. The van der Waals surface area contributed by atoms with Gasteiger partial charge in [-0.05, 0) is 23.2 Å². The molecular formula is C7H8N4O2S. The minimum absolute atomic E-state index is 0.210. The van der Waals surface area contributed by atoms with E-state index in [0.717, 1.165) is 5.56 Å². The summed E-state index contributed by atoms with van der Waals surface area (Å²) in [6, 6.07) is 6.66. The highest BCUT2D eigenvalue weighted by Gasteiger charge is 1.94. The third-order valence-corrected chi connectivity index (χ3v) is 1.90. The summed E-state index contributed by atoms with van der Waals surface area (Å²) in [7, 11) is -2.66. The van der Waals surface area contributed by atoms with Crippen molar-refractivity contribution >= 4 is 16.6 Å². The molecule has 6 nitrogen and oxygen atoms in total. The average Bonchev–Trinajstić information content (AvgIpc) is 2.14. The molecule has 0 radical (unpaired) electrons. The van der Waals surface area contributed by atoms with Crippen LogP contribution in [0.3, 0.4) is 0 Å². The number of rotatable bonds is 4. The first-order valence-electron chi connectivity index (χ1n) is 3.73. The molecule has 1 rings (SSSR count). The van der Waals surface area contributed by atoms with Gasteiger partial charge in [0.2, 0.25) is 10.9 Å². The van der Waals surface area contributed by atoms with Crippen LogP contribution in [0.5, 0.6) is 0 Å². The van der Waals surface area contributed by atoms with E-state index in [9.17, 15) is 8.42 Å². The van der Waals surface area contributed by atoms with Crippen LogP contribution in [0.4, 0.5) is 5.69 Å². The maximum absolute atomic E-state index is 10.3. The van der Waals surface area contributed by atoms with Crippen molar-refractivity contribution in [3.63, 3.8) is 0 Å². The Labute approximate surface area is 82.3 Å². The molecule has 1 aromatic rings. The topological polar surface area (TPSA) is 94.9 Å². The van der Waals surface area contributed by atoms with Gasteiger partial charge >= 0.3 is 0 Å². The molecule has 1 N–H and O–H groups in total. The zero-order chi connectivity index (χ0) is 10.4. The first kappa shape index (κ1) is 10.4. The molecule has 0 heterocycles. The first-order chi connectivity index (χ1) is 6.72. The Balaban J connectivity index is 2.83. The molecule has 7 heteroatoms. The minimum Gasteiger partial charge on any atom is -0.286 e. The molecule has 0 aromatic heterocycles. The fourth-order valence-electron chi connectivity index (χ4n) is 0.958. The Morgan fingerprint density at radius 2 is 2.29 bits per heavy atom. The maximum Gasteiger partial charge on any atom is 0.222 e. The van der Waals surface area contributed by atoms with E-state index in [2.05, 4.69) is 14.7 Å². The number of anilines is 1. The second-order valence-electron chi connectivity index (χ2n) is 2.46. The van der Waals surface area contributed by atoms with Gasteiger partial charge in [0.1, 0.15) is 0 Å². The number of hydrogen-bond donors (Lipinski definition) is 2. The van der Waals surface area contributed by atoms with Gasteiger partial charge in [0, 0.05) is 10.6 Å². The zero-order valence-electron chi connectivity index (χ0n) is 7.12.